The number of nitrogens with two attached hydrogens (primary N) is 1. The molecule has 0 amide bonds. The third kappa shape index (κ3) is 4.64. The van der Waals surface area contributed by atoms with Crippen LogP contribution in [0.15, 0.2) is 48.2 Å². The first-order chi connectivity index (χ1) is 15.3. The predicted octanol–water partition coefficient (Wildman–Crippen LogP) is 5.77. The van der Waals surface area contributed by atoms with Gasteiger partial charge in [0.05, 0.1) is 22.4 Å². The monoisotopic (exact) mass is 454 g/mol. The van der Waals surface area contributed by atoms with Crippen LogP contribution in [-0.4, -0.2) is 30.6 Å². The molecular weight excluding hydrogens is 423 g/mol. The molecule has 0 aliphatic carbocycles. The molecule has 4 nitrogen and oxygen atoms in total. The first-order valence-electron chi connectivity index (χ1n) is 11.3. The lowest BCUT2D eigenvalue weighted by atomic mass is 9.90. The van der Waals surface area contributed by atoms with E-state index in [2.05, 4.69) is 53.7 Å². The molecule has 0 bridgehead atoms. The first-order valence-corrected chi connectivity index (χ1v) is 11.7. The summed E-state index contributed by atoms with van der Waals surface area (Å²) < 4.78 is 14.7. The predicted molar refractivity (Wildman–Crippen MR) is 133 cm³/mol. The van der Waals surface area contributed by atoms with E-state index in [0.29, 0.717) is 11.7 Å². The van der Waals surface area contributed by atoms with Crippen LogP contribution in [0.3, 0.4) is 0 Å². The van der Waals surface area contributed by atoms with Gasteiger partial charge in [0.25, 0.3) is 0 Å². The SMILES string of the molecule is C/C(N)=C1/NCCC(Nc2cccc(Cl)c2F)c2cc(C3=CCN(C(C)C)CC3)ccc21. The van der Waals surface area contributed by atoms with Crippen LogP contribution in [0, 0.1) is 5.82 Å². The van der Waals surface area contributed by atoms with E-state index in [1.54, 1.807) is 18.2 Å². The van der Waals surface area contributed by atoms with Crippen molar-refractivity contribution in [2.75, 3.05) is 25.0 Å². The molecule has 1 unspecified atom stereocenters. The topological polar surface area (TPSA) is 53.3 Å². The zero-order valence-electron chi connectivity index (χ0n) is 19.0. The van der Waals surface area contributed by atoms with E-state index in [4.69, 9.17) is 17.3 Å². The highest BCUT2D eigenvalue weighted by molar-refractivity contribution is 6.31. The summed E-state index contributed by atoms with van der Waals surface area (Å²) in [7, 11) is 0. The van der Waals surface area contributed by atoms with E-state index >= 15 is 0 Å². The highest BCUT2D eigenvalue weighted by atomic mass is 35.5. The van der Waals surface area contributed by atoms with Crippen LogP contribution in [-0.2, 0) is 0 Å². The van der Waals surface area contributed by atoms with Crippen molar-refractivity contribution in [3.05, 3.63) is 75.7 Å². The van der Waals surface area contributed by atoms with Gasteiger partial charge in [0, 0.05) is 36.9 Å². The standard InChI is InChI=1S/C26H32ClFN4/c1-16(2)32-13-10-18(11-14-32)19-7-8-20-21(15-19)23(9-12-30-26(20)17(3)29)31-24-6-4-5-22(27)25(24)28/h4-8,10,15-16,23,30-31H,9,11-14,29H2,1-3H3/b26-17-. The third-order valence-corrected chi connectivity index (χ3v) is 6.74. The van der Waals surface area contributed by atoms with Crippen molar-refractivity contribution in [2.24, 2.45) is 5.73 Å². The molecule has 0 fully saturated rings. The van der Waals surface area contributed by atoms with Crippen molar-refractivity contribution >= 4 is 28.6 Å². The molecule has 2 aromatic carbocycles. The largest absolute Gasteiger partial charge is 0.401 e. The molecule has 0 saturated carbocycles. The lowest BCUT2D eigenvalue weighted by Gasteiger charge is -2.30. The Kier molecular flexibility index (Phi) is 6.77. The van der Waals surface area contributed by atoms with Gasteiger partial charge in [0.1, 0.15) is 0 Å². The quantitative estimate of drug-likeness (QED) is 0.548. The number of hydrogen-bond acceptors (Lipinski definition) is 4. The van der Waals surface area contributed by atoms with Gasteiger partial charge in [0.15, 0.2) is 5.82 Å². The number of fused-ring (bicyclic) bond motifs is 1. The molecule has 2 heterocycles. The van der Waals surface area contributed by atoms with Crippen molar-refractivity contribution in [1.29, 1.82) is 0 Å². The van der Waals surface area contributed by atoms with E-state index < -0.39 is 5.82 Å². The number of nitrogens with one attached hydrogen (secondary N) is 2. The van der Waals surface area contributed by atoms with Crippen LogP contribution in [0.25, 0.3) is 11.3 Å². The lowest BCUT2D eigenvalue weighted by molar-refractivity contribution is 0.245. The molecule has 4 N–H and O–H groups in total. The number of allylic oxidation sites excluding steroid dienone is 1. The Morgan fingerprint density at radius 3 is 2.78 bits per heavy atom. The molecule has 6 heteroatoms. The summed E-state index contributed by atoms with van der Waals surface area (Å²) in [4.78, 5) is 2.47. The maximum atomic E-state index is 14.7. The second kappa shape index (κ2) is 9.55. The van der Waals surface area contributed by atoms with Gasteiger partial charge in [0.2, 0.25) is 0 Å². The second-order valence-electron chi connectivity index (χ2n) is 8.94. The van der Waals surface area contributed by atoms with Crippen molar-refractivity contribution < 1.29 is 4.39 Å². The summed E-state index contributed by atoms with van der Waals surface area (Å²) in [5.41, 5.74) is 13.1. The summed E-state index contributed by atoms with van der Waals surface area (Å²) in [5.74, 6) is -0.418. The number of benzene rings is 2. The first kappa shape index (κ1) is 22.7. The molecule has 32 heavy (non-hydrogen) atoms. The summed E-state index contributed by atoms with van der Waals surface area (Å²) in [5, 5.41) is 7.00. The van der Waals surface area contributed by atoms with Gasteiger partial charge in [-0.2, -0.15) is 0 Å². The summed E-state index contributed by atoms with van der Waals surface area (Å²) in [6.07, 6.45) is 4.15. The van der Waals surface area contributed by atoms with Crippen LogP contribution >= 0.6 is 11.6 Å². The molecule has 2 aliphatic heterocycles. The Morgan fingerprint density at radius 1 is 1.28 bits per heavy atom. The second-order valence-corrected chi connectivity index (χ2v) is 9.35. The molecular formula is C26H32ClFN4. The fourth-order valence-corrected chi connectivity index (χ4v) is 4.77. The van der Waals surface area contributed by atoms with E-state index in [1.807, 2.05) is 6.92 Å². The Hall–Kier alpha value is -2.50. The lowest BCUT2D eigenvalue weighted by Crippen LogP contribution is -2.34. The number of rotatable bonds is 4. The van der Waals surface area contributed by atoms with Gasteiger partial charge in [-0.3, -0.25) is 4.90 Å². The van der Waals surface area contributed by atoms with E-state index in [9.17, 15) is 4.39 Å². The minimum absolute atomic E-state index is 0.0707. The summed E-state index contributed by atoms with van der Waals surface area (Å²) in [6.45, 7) is 9.15. The Morgan fingerprint density at radius 2 is 2.09 bits per heavy atom. The van der Waals surface area contributed by atoms with Crippen LogP contribution in [0.4, 0.5) is 10.1 Å². The van der Waals surface area contributed by atoms with Gasteiger partial charge < -0.3 is 16.4 Å². The molecule has 4 rings (SSSR count). The zero-order valence-corrected chi connectivity index (χ0v) is 19.8. The van der Waals surface area contributed by atoms with E-state index in [1.165, 1.54) is 11.1 Å². The van der Waals surface area contributed by atoms with Crippen LogP contribution in [0.1, 0.15) is 56.3 Å². The molecule has 0 saturated heterocycles. The van der Waals surface area contributed by atoms with Gasteiger partial charge in [-0.15, -0.1) is 0 Å². The van der Waals surface area contributed by atoms with Gasteiger partial charge >= 0.3 is 0 Å². The van der Waals surface area contributed by atoms with Crippen LogP contribution in [0.5, 0.6) is 0 Å². The smallest absolute Gasteiger partial charge is 0.164 e. The minimum atomic E-state index is -0.418. The zero-order chi connectivity index (χ0) is 22.8. The maximum absolute atomic E-state index is 14.7. The number of anilines is 1. The number of nitrogens with zero attached hydrogens (tertiary/aromatic N) is 1. The molecule has 0 radical (unpaired) electrons. The summed E-state index contributed by atoms with van der Waals surface area (Å²) in [6, 6.07) is 12.1. The molecule has 0 aromatic heterocycles. The van der Waals surface area contributed by atoms with Crippen molar-refractivity contribution in [3.8, 4) is 0 Å². The molecule has 1 atom stereocenters. The average Bonchev–Trinajstić information content (AvgIpc) is 2.96. The number of halogens is 2. The molecule has 2 aromatic rings. The van der Waals surface area contributed by atoms with Crippen LogP contribution < -0.4 is 16.4 Å². The molecule has 2 aliphatic rings. The molecule has 170 valence electrons. The Labute approximate surface area is 195 Å². The van der Waals surface area contributed by atoms with Crippen LogP contribution in [0.2, 0.25) is 5.02 Å². The minimum Gasteiger partial charge on any atom is -0.401 e. The molecule has 0 spiro atoms. The third-order valence-electron chi connectivity index (χ3n) is 6.45. The summed E-state index contributed by atoms with van der Waals surface area (Å²) >= 11 is 6.03. The highest BCUT2D eigenvalue weighted by Gasteiger charge is 2.25. The highest BCUT2D eigenvalue weighted by Crippen LogP contribution is 2.36. The van der Waals surface area contributed by atoms with Gasteiger partial charge in [-0.05, 0) is 68.5 Å². The van der Waals surface area contributed by atoms with Gasteiger partial charge in [-0.1, -0.05) is 35.9 Å². The Bertz CT molecular complexity index is 1060. The number of hydrogen-bond donors (Lipinski definition) is 3. The van der Waals surface area contributed by atoms with E-state index in [0.717, 1.165) is 55.0 Å². The maximum Gasteiger partial charge on any atom is 0.164 e. The van der Waals surface area contributed by atoms with E-state index in [-0.39, 0.29) is 11.1 Å². The fourth-order valence-electron chi connectivity index (χ4n) is 4.59. The van der Waals surface area contributed by atoms with Crippen molar-refractivity contribution in [1.82, 2.24) is 10.2 Å². The van der Waals surface area contributed by atoms with Crippen molar-refractivity contribution in [3.63, 3.8) is 0 Å². The average molecular weight is 455 g/mol. The Balaban J connectivity index is 1.73. The fraction of sp³-hybridized carbons (Fsp3) is 0.385. The normalized spacial score (nSPS) is 20.8. The van der Waals surface area contributed by atoms with Crippen molar-refractivity contribution in [2.45, 2.75) is 45.7 Å². The van der Waals surface area contributed by atoms with Gasteiger partial charge in [-0.25, -0.2) is 4.39 Å².